The van der Waals surface area contributed by atoms with E-state index in [2.05, 4.69) is 14.9 Å². The fourth-order valence-corrected chi connectivity index (χ4v) is 4.68. The lowest BCUT2D eigenvalue weighted by Crippen LogP contribution is -2.12. The summed E-state index contributed by atoms with van der Waals surface area (Å²) in [5.41, 5.74) is 2.98. The number of rotatable bonds is 8. The molecular weight excluding hydrogens is 460 g/mol. The van der Waals surface area contributed by atoms with Crippen LogP contribution in [0.4, 0.5) is 11.5 Å². The van der Waals surface area contributed by atoms with Gasteiger partial charge in [0.2, 0.25) is 11.6 Å². The molecule has 1 aliphatic carbocycles. The summed E-state index contributed by atoms with van der Waals surface area (Å²) in [6.45, 7) is 0. The van der Waals surface area contributed by atoms with Crippen LogP contribution in [0.5, 0.6) is 23.1 Å². The van der Waals surface area contributed by atoms with Crippen molar-refractivity contribution in [3.8, 4) is 34.5 Å². The Labute approximate surface area is 209 Å². The zero-order chi connectivity index (χ0) is 25.1. The molecule has 0 spiro atoms. The number of methoxy groups -OCH3 is 4. The van der Waals surface area contributed by atoms with E-state index in [0.29, 0.717) is 46.3 Å². The first kappa shape index (κ1) is 23.7. The average molecular weight is 491 g/mol. The highest BCUT2D eigenvalue weighted by Crippen LogP contribution is 2.41. The van der Waals surface area contributed by atoms with Gasteiger partial charge in [0, 0.05) is 41.7 Å². The molecule has 1 fully saturated rings. The van der Waals surface area contributed by atoms with E-state index < -0.39 is 0 Å². The van der Waals surface area contributed by atoms with Gasteiger partial charge in [-0.1, -0.05) is 19.3 Å². The third-order valence-corrected chi connectivity index (χ3v) is 6.52. The normalized spacial score (nSPS) is 14.0. The lowest BCUT2D eigenvalue weighted by molar-refractivity contribution is 0.324. The Bertz CT molecular complexity index is 1320. The molecule has 0 amide bonds. The van der Waals surface area contributed by atoms with Crippen LogP contribution in [0.25, 0.3) is 22.6 Å². The number of imidazole rings is 1. The molecule has 36 heavy (non-hydrogen) atoms. The Morgan fingerprint density at radius 1 is 0.861 bits per heavy atom. The summed E-state index contributed by atoms with van der Waals surface area (Å²) in [6.07, 6.45) is 9.52. The van der Waals surface area contributed by atoms with Crippen molar-refractivity contribution in [2.45, 2.75) is 38.1 Å². The van der Waals surface area contributed by atoms with Crippen molar-refractivity contribution >= 4 is 22.7 Å². The summed E-state index contributed by atoms with van der Waals surface area (Å²) >= 11 is 0. The maximum Gasteiger partial charge on any atom is 0.212 e. The molecule has 0 aliphatic heterocycles. The van der Waals surface area contributed by atoms with Gasteiger partial charge >= 0.3 is 0 Å². The zero-order valence-electron chi connectivity index (χ0n) is 20.9. The predicted molar refractivity (Wildman–Crippen MR) is 137 cm³/mol. The lowest BCUT2D eigenvalue weighted by atomic mass is 9.95. The number of benzene rings is 1. The van der Waals surface area contributed by atoms with E-state index in [9.17, 15) is 0 Å². The zero-order valence-corrected chi connectivity index (χ0v) is 20.9. The molecular formula is C26H30N6O4. The minimum atomic E-state index is 0.370. The van der Waals surface area contributed by atoms with E-state index >= 15 is 0 Å². The standard InChI is InChI=1S/C26H30N6O4/c1-33-19-12-17(13-20(34-2)23(19)36-4)29-25-22-26(32(15-28-22)18-8-6-5-7-9-18)31-24(30-25)16-10-11-21(35-3)27-14-16/h10-15,18H,5-9H2,1-4H3,(H,29,30,31). The summed E-state index contributed by atoms with van der Waals surface area (Å²) < 4.78 is 23.9. The minimum absolute atomic E-state index is 0.370. The second-order valence-corrected chi connectivity index (χ2v) is 8.64. The number of hydrogen-bond donors (Lipinski definition) is 1. The van der Waals surface area contributed by atoms with Gasteiger partial charge in [0.05, 0.1) is 34.8 Å². The monoisotopic (exact) mass is 490 g/mol. The Morgan fingerprint density at radius 3 is 2.22 bits per heavy atom. The van der Waals surface area contributed by atoms with Gasteiger partial charge in [0.15, 0.2) is 34.3 Å². The third kappa shape index (κ3) is 4.46. The van der Waals surface area contributed by atoms with E-state index in [1.54, 1.807) is 40.7 Å². The van der Waals surface area contributed by atoms with E-state index in [-0.39, 0.29) is 0 Å². The number of ether oxygens (including phenoxy) is 4. The van der Waals surface area contributed by atoms with Crippen molar-refractivity contribution in [2.75, 3.05) is 33.8 Å². The molecule has 0 radical (unpaired) electrons. The molecule has 0 saturated heterocycles. The smallest absolute Gasteiger partial charge is 0.212 e. The molecule has 188 valence electrons. The van der Waals surface area contributed by atoms with Crippen LogP contribution >= 0.6 is 0 Å². The lowest BCUT2D eigenvalue weighted by Gasteiger charge is -2.23. The molecule has 3 aromatic heterocycles. The number of fused-ring (bicyclic) bond motifs is 1. The van der Waals surface area contributed by atoms with Gasteiger partial charge in [0.25, 0.3) is 0 Å². The second-order valence-electron chi connectivity index (χ2n) is 8.64. The summed E-state index contributed by atoms with van der Waals surface area (Å²) in [5, 5.41) is 3.41. The first-order valence-electron chi connectivity index (χ1n) is 12.0. The number of pyridine rings is 1. The number of aromatic nitrogens is 5. The number of nitrogens with zero attached hydrogens (tertiary/aromatic N) is 5. The molecule has 1 aromatic carbocycles. The van der Waals surface area contributed by atoms with Crippen molar-refractivity contribution in [2.24, 2.45) is 0 Å². The molecule has 10 heteroatoms. The molecule has 10 nitrogen and oxygen atoms in total. The Balaban J connectivity index is 1.63. The highest BCUT2D eigenvalue weighted by Gasteiger charge is 2.22. The average Bonchev–Trinajstić information content (AvgIpc) is 3.37. The van der Waals surface area contributed by atoms with E-state index in [1.807, 2.05) is 24.5 Å². The van der Waals surface area contributed by atoms with Gasteiger partial charge < -0.3 is 28.8 Å². The summed E-state index contributed by atoms with van der Waals surface area (Å²) in [7, 11) is 6.34. The highest BCUT2D eigenvalue weighted by molar-refractivity contribution is 5.88. The molecule has 3 heterocycles. The van der Waals surface area contributed by atoms with Crippen molar-refractivity contribution in [1.29, 1.82) is 0 Å². The maximum absolute atomic E-state index is 5.53. The van der Waals surface area contributed by atoms with Crippen LogP contribution in [0.1, 0.15) is 38.1 Å². The van der Waals surface area contributed by atoms with Gasteiger partial charge in [0.1, 0.15) is 0 Å². The quantitative estimate of drug-likeness (QED) is 0.358. The summed E-state index contributed by atoms with van der Waals surface area (Å²) in [4.78, 5) is 18.8. The molecule has 4 aromatic rings. The Hall–Kier alpha value is -4.08. The first-order valence-corrected chi connectivity index (χ1v) is 12.0. The van der Waals surface area contributed by atoms with Gasteiger partial charge in [-0.25, -0.2) is 19.9 Å². The molecule has 5 rings (SSSR count). The van der Waals surface area contributed by atoms with Crippen LogP contribution in [0.15, 0.2) is 36.8 Å². The fourth-order valence-electron chi connectivity index (χ4n) is 4.68. The van der Waals surface area contributed by atoms with E-state index in [1.165, 1.54) is 19.3 Å². The number of anilines is 2. The largest absolute Gasteiger partial charge is 0.493 e. The van der Waals surface area contributed by atoms with Crippen LogP contribution in [0, 0.1) is 0 Å². The van der Waals surface area contributed by atoms with E-state index in [4.69, 9.17) is 33.9 Å². The van der Waals surface area contributed by atoms with Crippen LogP contribution in [-0.4, -0.2) is 52.9 Å². The summed E-state index contributed by atoms with van der Waals surface area (Å²) in [5.74, 6) is 3.25. The molecule has 0 bridgehead atoms. The van der Waals surface area contributed by atoms with Crippen molar-refractivity contribution in [1.82, 2.24) is 24.5 Å². The predicted octanol–water partition coefficient (Wildman–Crippen LogP) is 5.17. The SMILES string of the molecule is COc1ccc(-c2nc(Nc3cc(OC)c(OC)c(OC)c3)c3ncn(C4CCCCC4)c3n2)cn1. The first-order chi connectivity index (χ1) is 17.6. The third-order valence-electron chi connectivity index (χ3n) is 6.52. The fraction of sp³-hybridized carbons (Fsp3) is 0.385. The van der Waals surface area contributed by atoms with Crippen molar-refractivity contribution in [3.63, 3.8) is 0 Å². The number of nitrogens with one attached hydrogen (secondary N) is 1. The van der Waals surface area contributed by atoms with Gasteiger partial charge in [-0.2, -0.15) is 0 Å². The molecule has 0 unspecified atom stereocenters. The van der Waals surface area contributed by atoms with Crippen LogP contribution < -0.4 is 24.3 Å². The molecule has 1 N–H and O–H groups in total. The number of hydrogen-bond acceptors (Lipinski definition) is 9. The van der Waals surface area contributed by atoms with Gasteiger partial charge in [-0.3, -0.25) is 0 Å². The van der Waals surface area contributed by atoms with Crippen LogP contribution in [-0.2, 0) is 0 Å². The summed E-state index contributed by atoms with van der Waals surface area (Å²) in [6, 6.07) is 7.74. The molecule has 0 atom stereocenters. The Morgan fingerprint density at radius 2 is 1.61 bits per heavy atom. The van der Waals surface area contributed by atoms with Crippen LogP contribution in [0.2, 0.25) is 0 Å². The molecule has 1 saturated carbocycles. The van der Waals surface area contributed by atoms with Crippen molar-refractivity contribution < 1.29 is 18.9 Å². The van der Waals surface area contributed by atoms with Gasteiger partial charge in [-0.05, 0) is 18.9 Å². The maximum atomic E-state index is 5.53. The van der Waals surface area contributed by atoms with Crippen LogP contribution in [0.3, 0.4) is 0 Å². The van der Waals surface area contributed by atoms with Crippen molar-refractivity contribution in [3.05, 3.63) is 36.8 Å². The molecule has 1 aliphatic rings. The Kier molecular flexibility index (Phi) is 6.75. The second kappa shape index (κ2) is 10.3. The highest BCUT2D eigenvalue weighted by atomic mass is 16.5. The van der Waals surface area contributed by atoms with Gasteiger partial charge in [-0.15, -0.1) is 0 Å². The topological polar surface area (TPSA) is 105 Å². The minimum Gasteiger partial charge on any atom is -0.493 e. The van der Waals surface area contributed by atoms with E-state index in [0.717, 1.165) is 29.7 Å².